The first-order valence-corrected chi connectivity index (χ1v) is 18.0. The molecular weight excluding hydrogens is 670 g/mol. The van der Waals surface area contributed by atoms with Crippen LogP contribution in [0.1, 0.15) is 63.3 Å². The fourth-order valence-corrected chi connectivity index (χ4v) is 6.95. The number of carbonyl (C=O) groups is 2. The minimum absolute atomic E-state index is 0.0660. The second-order valence-corrected chi connectivity index (χ2v) is 14.1. The topological polar surface area (TPSA) is 111 Å². The fraction of sp³-hybridized carbons (Fsp3) is 0.333. The van der Waals surface area contributed by atoms with Gasteiger partial charge in [0, 0.05) is 16.3 Å². The average molecular weight is 708 g/mol. The number of ether oxygens (including phenoxy) is 3. The van der Waals surface area contributed by atoms with Crippen molar-refractivity contribution in [2.75, 3.05) is 24.7 Å². The lowest BCUT2D eigenvalue weighted by atomic mass is 9.95. The summed E-state index contributed by atoms with van der Waals surface area (Å²) in [6, 6.07) is 18.6. The molecule has 9 nitrogen and oxygen atoms in total. The number of anilines is 1. The zero-order chi connectivity index (χ0) is 34.2. The highest BCUT2D eigenvalue weighted by atomic mass is 35.5. The molecule has 1 fully saturated rings. The van der Waals surface area contributed by atoms with Crippen LogP contribution < -0.4 is 19.1 Å². The van der Waals surface area contributed by atoms with Gasteiger partial charge in [0.1, 0.15) is 11.5 Å². The third-order valence-electron chi connectivity index (χ3n) is 7.46. The maximum atomic E-state index is 13.8. The van der Waals surface area contributed by atoms with E-state index in [1.807, 2.05) is 38.1 Å². The van der Waals surface area contributed by atoms with E-state index in [4.69, 9.17) is 25.8 Å². The summed E-state index contributed by atoms with van der Waals surface area (Å²) in [5.41, 5.74) is 1.90. The molecule has 252 valence electrons. The Labute approximate surface area is 293 Å². The molecule has 0 saturated carbocycles. The lowest BCUT2D eigenvalue weighted by Crippen LogP contribution is -2.29. The van der Waals surface area contributed by atoms with Gasteiger partial charge in [0.15, 0.2) is 15.8 Å². The van der Waals surface area contributed by atoms with Gasteiger partial charge in [-0.15, -0.1) is 10.2 Å². The summed E-state index contributed by atoms with van der Waals surface area (Å²) in [6.07, 6.45) is 1.72. The molecule has 2 heterocycles. The van der Waals surface area contributed by atoms with E-state index in [2.05, 4.69) is 24.0 Å². The lowest BCUT2D eigenvalue weighted by Gasteiger charge is -2.24. The van der Waals surface area contributed by atoms with E-state index >= 15 is 0 Å². The number of aliphatic hydroxyl groups is 1. The van der Waals surface area contributed by atoms with Gasteiger partial charge in [-0.1, -0.05) is 73.7 Å². The maximum absolute atomic E-state index is 13.8. The van der Waals surface area contributed by atoms with E-state index < -0.39 is 17.7 Å². The molecule has 0 aliphatic carbocycles. The van der Waals surface area contributed by atoms with Crippen LogP contribution in [0.25, 0.3) is 5.76 Å². The molecule has 1 amide bonds. The fourth-order valence-electron chi connectivity index (χ4n) is 5.00. The van der Waals surface area contributed by atoms with Crippen LogP contribution in [0.3, 0.4) is 0 Å². The number of halogens is 1. The summed E-state index contributed by atoms with van der Waals surface area (Å²) in [7, 11) is 0. The second kappa shape index (κ2) is 16.4. The predicted octanol–water partition coefficient (Wildman–Crippen LogP) is 8.72. The number of aliphatic hydroxyl groups excluding tert-OH is 1. The third-order valence-corrected chi connectivity index (χ3v) is 9.84. The quantitative estimate of drug-likeness (QED) is 0.0426. The monoisotopic (exact) mass is 707 g/mol. The normalized spacial score (nSPS) is 15.7. The number of hydrogen-bond donors (Lipinski definition) is 1. The van der Waals surface area contributed by atoms with Gasteiger partial charge in [-0.05, 0) is 85.3 Å². The van der Waals surface area contributed by atoms with Crippen molar-refractivity contribution in [3.8, 4) is 17.2 Å². The first-order valence-electron chi connectivity index (χ1n) is 15.8. The smallest absolute Gasteiger partial charge is 0.301 e. The van der Waals surface area contributed by atoms with Gasteiger partial charge in [-0.25, -0.2) is 0 Å². The molecule has 4 aromatic rings. The number of benzene rings is 3. The number of thioether (sulfide) groups is 1. The van der Waals surface area contributed by atoms with Gasteiger partial charge in [0.2, 0.25) is 5.13 Å². The number of Topliss-reactive ketones (excluding diaryl/α,β-unsaturated/α-hetero) is 1. The molecule has 1 aliphatic heterocycles. The Kier molecular flexibility index (Phi) is 12.0. The molecule has 1 unspecified atom stereocenters. The Morgan fingerprint density at radius 1 is 0.958 bits per heavy atom. The van der Waals surface area contributed by atoms with E-state index in [0.717, 1.165) is 18.4 Å². The van der Waals surface area contributed by atoms with E-state index in [1.165, 1.54) is 28.0 Å². The van der Waals surface area contributed by atoms with Gasteiger partial charge in [-0.3, -0.25) is 14.5 Å². The van der Waals surface area contributed by atoms with E-state index in [1.54, 1.807) is 42.5 Å². The zero-order valence-electron chi connectivity index (χ0n) is 27.3. The number of carbonyl (C=O) groups excluding carboxylic acids is 2. The molecule has 3 aromatic carbocycles. The van der Waals surface area contributed by atoms with Crippen LogP contribution in [0.4, 0.5) is 5.13 Å². The molecule has 1 N–H and O–H groups in total. The number of nitrogens with zero attached hydrogens (tertiary/aromatic N) is 3. The van der Waals surface area contributed by atoms with Gasteiger partial charge < -0.3 is 19.3 Å². The molecule has 12 heteroatoms. The summed E-state index contributed by atoms with van der Waals surface area (Å²) >= 11 is 8.68. The average Bonchev–Trinajstić information content (AvgIpc) is 3.65. The maximum Gasteiger partial charge on any atom is 0.301 e. The van der Waals surface area contributed by atoms with Crippen molar-refractivity contribution in [2.24, 2.45) is 5.92 Å². The summed E-state index contributed by atoms with van der Waals surface area (Å²) in [6.45, 7) is 9.57. The van der Waals surface area contributed by atoms with Gasteiger partial charge in [0.25, 0.3) is 5.78 Å². The molecule has 1 aromatic heterocycles. The Bertz CT molecular complexity index is 1760. The minimum Gasteiger partial charge on any atom is -0.507 e. The molecule has 1 aliphatic rings. The first-order chi connectivity index (χ1) is 23.2. The van der Waals surface area contributed by atoms with Crippen LogP contribution in [0.2, 0.25) is 5.02 Å². The van der Waals surface area contributed by atoms with Crippen LogP contribution in [0.15, 0.2) is 76.6 Å². The number of rotatable bonds is 15. The Hall–Kier alpha value is -4.06. The predicted molar refractivity (Wildman–Crippen MR) is 190 cm³/mol. The highest BCUT2D eigenvalue weighted by Gasteiger charge is 2.48. The number of aromatic nitrogens is 2. The highest BCUT2D eigenvalue weighted by molar-refractivity contribution is 8.00. The van der Waals surface area contributed by atoms with Crippen molar-refractivity contribution in [3.05, 3.63) is 94.0 Å². The summed E-state index contributed by atoms with van der Waals surface area (Å²) in [4.78, 5) is 28.9. The lowest BCUT2D eigenvalue weighted by molar-refractivity contribution is -0.132. The molecule has 5 rings (SSSR count). The number of ketones is 1. The van der Waals surface area contributed by atoms with Crippen molar-refractivity contribution in [1.82, 2.24) is 10.2 Å². The van der Waals surface area contributed by atoms with Crippen LogP contribution >= 0.6 is 34.7 Å². The van der Waals surface area contributed by atoms with Crippen LogP contribution in [0.5, 0.6) is 17.2 Å². The molecule has 1 saturated heterocycles. The largest absolute Gasteiger partial charge is 0.507 e. The highest BCUT2D eigenvalue weighted by Crippen LogP contribution is 2.46. The number of amides is 1. The van der Waals surface area contributed by atoms with Crippen molar-refractivity contribution in [1.29, 1.82) is 0 Å². The Morgan fingerprint density at radius 3 is 2.40 bits per heavy atom. The summed E-state index contributed by atoms with van der Waals surface area (Å²) in [5.74, 6) is 0.790. The van der Waals surface area contributed by atoms with E-state index in [9.17, 15) is 14.7 Å². The molecule has 48 heavy (non-hydrogen) atoms. The van der Waals surface area contributed by atoms with Crippen molar-refractivity contribution < 1.29 is 28.9 Å². The Morgan fingerprint density at radius 2 is 1.71 bits per heavy atom. The zero-order valence-corrected chi connectivity index (χ0v) is 29.7. The number of hydrogen-bond acceptors (Lipinski definition) is 10. The molecule has 0 spiro atoms. The summed E-state index contributed by atoms with van der Waals surface area (Å²) < 4.78 is 18.3. The SMILES string of the molecule is CCCOc1ccc(/C(O)=C2\C(=O)C(=O)N(c3nnc(SCc4ccc(Cl)cc4)s3)C2c2ccc(OCCC(C)C)c(OCC)c2)cc1. The van der Waals surface area contributed by atoms with Gasteiger partial charge in [-0.2, -0.15) is 0 Å². The van der Waals surface area contributed by atoms with Crippen molar-refractivity contribution in [3.63, 3.8) is 0 Å². The van der Waals surface area contributed by atoms with Gasteiger partial charge >= 0.3 is 5.91 Å². The third kappa shape index (κ3) is 8.32. The van der Waals surface area contributed by atoms with Crippen LogP contribution in [-0.4, -0.2) is 46.8 Å². The van der Waals surface area contributed by atoms with Gasteiger partial charge in [0.05, 0.1) is 31.4 Å². The first kappa shape index (κ1) is 35.3. The van der Waals surface area contributed by atoms with Crippen molar-refractivity contribution >= 4 is 57.3 Å². The molecule has 0 bridgehead atoms. The molecule has 1 atom stereocenters. The molecule has 0 radical (unpaired) electrons. The van der Waals surface area contributed by atoms with E-state index in [-0.39, 0.29) is 16.5 Å². The van der Waals surface area contributed by atoms with Crippen LogP contribution in [-0.2, 0) is 15.3 Å². The van der Waals surface area contributed by atoms with E-state index in [0.29, 0.717) is 69.2 Å². The summed E-state index contributed by atoms with van der Waals surface area (Å²) in [5, 5.41) is 21.2. The van der Waals surface area contributed by atoms with Crippen molar-refractivity contribution in [2.45, 2.75) is 56.7 Å². The minimum atomic E-state index is -1.01. The van der Waals surface area contributed by atoms with Crippen LogP contribution in [0, 0.1) is 5.92 Å². The second-order valence-electron chi connectivity index (χ2n) is 11.5. The Balaban J connectivity index is 1.54. The standard InChI is InChI=1S/C36H38ClN3O6S2/c1-5-18-45-27-14-9-24(10-15-27)32(41)30-31(25-11-16-28(29(20-25)44-6-2)46-19-17-22(3)4)40(34(43)33(30)42)35-38-39-36(48-35)47-21-23-7-12-26(37)13-8-23/h7-16,20,22,31,41H,5-6,17-19,21H2,1-4H3/b32-30+. The molecular formula is C36H38ClN3O6S2.